The minimum Gasteiger partial charge on any atom is -0.342 e. The number of likely N-dealkylation sites (tertiary alicyclic amines) is 1. The summed E-state index contributed by atoms with van der Waals surface area (Å²) in [6.45, 7) is 2.48. The van der Waals surface area contributed by atoms with Gasteiger partial charge in [0.15, 0.2) is 0 Å². The maximum atomic E-state index is 12.3. The summed E-state index contributed by atoms with van der Waals surface area (Å²) >= 11 is 1.73. The molecule has 3 rings (SSSR count). The van der Waals surface area contributed by atoms with E-state index in [1.165, 1.54) is 5.56 Å². The van der Waals surface area contributed by atoms with Crippen LogP contribution < -0.4 is 0 Å². The monoisotopic (exact) mass is 344 g/mol. The number of thioether (sulfide) groups is 1. The van der Waals surface area contributed by atoms with Gasteiger partial charge in [-0.15, -0.1) is 0 Å². The largest absolute Gasteiger partial charge is 0.342 e. The molecule has 1 amide bonds. The van der Waals surface area contributed by atoms with E-state index in [0.717, 1.165) is 44.1 Å². The minimum absolute atomic E-state index is 0.279. The van der Waals surface area contributed by atoms with Crippen LogP contribution in [0.25, 0.3) is 0 Å². The molecule has 1 fully saturated rings. The quantitative estimate of drug-likeness (QED) is 0.808. The Bertz CT molecular complexity index is 658. The number of amides is 1. The van der Waals surface area contributed by atoms with E-state index in [-0.39, 0.29) is 5.91 Å². The fourth-order valence-corrected chi connectivity index (χ4v) is 3.64. The summed E-state index contributed by atoms with van der Waals surface area (Å²) < 4.78 is 2.20. The lowest BCUT2D eigenvalue weighted by Gasteiger charge is -2.32. The number of rotatable bonds is 6. The van der Waals surface area contributed by atoms with Crippen molar-refractivity contribution in [3.05, 3.63) is 48.3 Å². The molecule has 1 aliphatic heterocycles. The van der Waals surface area contributed by atoms with Crippen molar-refractivity contribution in [1.29, 1.82) is 0 Å². The van der Waals surface area contributed by atoms with Gasteiger partial charge in [-0.05, 0) is 36.8 Å². The first-order valence-corrected chi connectivity index (χ1v) is 9.84. The van der Waals surface area contributed by atoms with E-state index in [1.54, 1.807) is 11.8 Å². The smallest absolute Gasteiger partial charge is 0.223 e. The van der Waals surface area contributed by atoms with E-state index in [9.17, 15) is 4.79 Å². The van der Waals surface area contributed by atoms with Crippen LogP contribution in [0.2, 0.25) is 0 Å². The molecule has 5 nitrogen and oxygen atoms in total. The lowest BCUT2D eigenvalue weighted by Crippen LogP contribution is -2.39. The van der Waals surface area contributed by atoms with Gasteiger partial charge in [0.05, 0.1) is 0 Å². The van der Waals surface area contributed by atoms with E-state index in [4.69, 9.17) is 0 Å². The van der Waals surface area contributed by atoms with Gasteiger partial charge in [-0.25, -0.2) is 4.98 Å². The number of pyridine rings is 1. The first-order chi connectivity index (χ1) is 11.8. The van der Waals surface area contributed by atoms with E-state index in [2.05, 4.69) is 14.5 Å². The average molecular weight is 344 g/mol. The Morgan fingerprint density at radius 1 is 1.33 bits per heavy atom. The first kappa shape index (κ1) is 17.0. The van der Waals surface area contributed by atoms with Crippen molar-refractivity contribution in [3.63, 3.8) is 0 Å². The van der Waals surface area contributed by atoms with Gasteiger partial charge < -0.3 is 9.47 Å². The Labute approximate surface area is 147 Å². The zero-order valence-corrected chi connectivity index (χ0v) is 14.9. The summed E-state index contributed by atoms with van der Waals surface area (Å²) in [7, 11) is 0. The third-order valence-electron chi connectivity index (χ3n) is 4.51. The van der Waals surface area contributed by atoms with Crippen molar-refractivity contribution in [2.45, 2.75) is 31.7 Å². The Balaban J connectivity index is 1.68. The molecule has 1 aliphatic rings. The van der Waals surface area contributed by atoms with Crippen LogP contribution in [-0.2, 0) is 11.3 Å². The number of aromatic nitrogens is 3. The number of hydrogen-bond donors (Lipinski definition) is 0. The highest BCUT2D eigenvalue weighted by Gasteiger charge is 2.27. The van der Waals surface area contributed by atoms with Gasteiger partial charge in [-0.3, -0.25) is 9.78 Å². The van der Waals surface area contributed by atoms with Crippen molar-refractivity contribution >= 4 is 17.7 Å². The van der Waals surface area contributed by atoms with Crippen molar-refractivity contribution in [2.75, 3.05) is 25.1 Å². The zero-order chi connectivity index (χ0) is 16.8. The Hall–Kier alpha value is -1.82. The predicted octanol–water partition coefficient (Wildman–Crippen LogP) is 2.79. The minimum atomic E-state index is 0.279. The molecule has 6 heteroatoms. The van der Waals surface area contributed by atoms with E-state index in [1.807, 2.05) is 48.1 Å². The lowest BCUT2D eigenvalue weighted by molar-refractivity contribution is -0.132. The molecular weight excluding hydrogens is 320 g/mol. The molecule has 0 bridgehead atoms. The number of carbonyl (C=O) groups is 1. The highest BCUT2D eigenvalue weighted by molar-refractivity contribution is 7.98. The number of hydrogen-bond acceptors (Lipinski definition) is 4. The van der Waals surface area contributed by atoms with Crippen molar-refractivity contribution < 1.29 is 4.79 Å². The maximum absolute atomic E-state index is 12.3. The second kappa shape index (κ2) is 8.33. The van der Waals surface area contributed by atoms with Crippen LogP contribution in [0, 0.1) is 0 Å². The number of nitrogens with zero attached hydrogens (tertiary/aromatic N) is 4. The molecule has 0 unspecified atom stereocenters. The van der Waals surface area contributed by atoms with Crippen LogP contribution in [0.4, 0.5) is 0 Å². The van der Waals surface area contributed by atoms with Crippen LogP contribution in [-0.4, -0.2) is 50.4 Å². The third kappa shape index (κ3) is 4.17. The summed E-state index contributed by atoms with van der Waals surface area (Å²) in [4.78, 5) is 23.0. The Kier molecular flexibility index (Phi) is 5.91. The topological polar surface area (TPSA) is 51.0 Å². The van der Waals surface area contributed by atoms with Gasteiger partial charge in [-0.1, -0.05) is 0 Å². The maximum Gasteiger partial charge on any atom is 0.223 e. The van der Waals surface area contributed by atoms with Gasteiger partial charge in [-0.2, -0.15) is 11.8 Å². The second-order valence-corrected chi connectivity index (χ2v) is 7.18. The van der Waals surface area contributed by atoms with Gasteiger partial charge in [0.1, 0.15) is 5.82 Å². The lowest BCUT2D eigenvalue weighted by atomic mass is 9.96. The van der Waals surface area contributed by atoms with Gasteiger partial charge in [0, 0.05) is 62.5 Å². The van der Waals surface area contributed by atoms with Crippen LogP contribution in [0.1, 0.15) is 36.6 Å². The van der Waals surface area contributed by atoms with E-state index >= 15 is 0 Å². The summed E-state index contributed by atoms with van der Waals surface area (Å²) in [5.41, 5.74) is 1.22. The van der Waals surface area contributed by atoms with Crippen LogP contribution in [0.15, 0.2) is 36.9 Å². The first-order valence-electron chi connectivity index (χ1n) is 8.44. The number of carbonyl (C=O) groups excluding carboxylic acids is 1. The van der Waals surface area contributed by atoms with E-state index in [0.29, 0.717) is 12.3 Å². The average Bonchev–Trinajstić information content (AvgIpc) is 3.09. The molecule has 1 saturated heterocycles. The summed E-state index contributed by atoms with van der Waals surface area (Å²) in [6.07, 6.45) is 12.4. The molecule has 0 aliphatic carbocycles. The molecule has 24 heavy (non-hydrogen) atoms. The van der Waals surface area contributed by atoms with Gasteiger partial charge in [0.2, 0.25) is 5.91 Å². The summed E-state index contributed by atoms with van der Waals surface area (Å²) in [5, 5.41) is 0. The number of imidazole rings is 1. The van der Waals surface area contributed by atoms with E-state index < -0.39 is 0 Å². The van der Waals surface area contributed by atoms with Crippen molar-refractivity contribution in [1.82, 2.24) is 19.4 Å². The molecule has 0 spiro atoms. The predicted molar refractivity (Wildman–Crippen MR) is 97.1 cm³/mol. The molecule has 0 aromatic carbocycles. The molecule has 0 radical (unpaired) electrons. The fourth-order valence-electron chi connectivity index (χ4n) is 3.26. The molecule has 0 saturated carbocycles. The van der Waals surface area contributed by atoms with Crippen LogP contribution >= 0.6 is 11.8 Å². The molecule has 2 aromatic rings. The SMILES string of the molecule is CSCCC(=O)N1CCC[C@@H](c2nccn2Cc2ccncc2)C1. The fraction of sp³-hybridized carbons (Fsp3) is 0.500. The zero-order valence-electron chi connectivity index (χ0n) is 14.1. The van der Waals surface area contributed by atoms with Crippen LogP contribution in [0.5, 0.6) is 0 Å². The second-order valence-electron chi connectivity index (χ2n) is 6.19. The Morgan fingerprint density at radius 3 is 2.96 bits per heavy atom. The molecule has 2 aromatic heterocycles. The standard InChI is InChI=1S/C18H24N4OS/c1-24-12-6-17(23)21-10-2-3-16(14-21)18-20-9-11-22(18)13-15-4-7-19-8-5-15/h4-5,7-9,11,16H,2-3,6,10,12-14H2,1H3/t16-/m1/s1. The van der Waals surface area contributed by atoms with Gasteiger partial charge in [0.25, 0.3) is 0 Å². The molecule has 0 N–H and O–H groups in total. The van der Waals surface area contributed by atoms with Gasteiger partial charge >= 0.3 is 0 Å². The Morgan fingerprint density at radius 2 is 2.17 bits per heavy atom. The number of piperidine rings is 1. The summed E-state index contributed by atoms with van der Waals surface area (Å²) in [5.74, 6) is 2.60. The highest BCUT2D eigenvalue weighted by atomic mass is 32.2. The molecule has 1 atom stereocenters. The van der Waals surface area contributed by atoms with Crippen molar-refractivity contribution in [3.8, 4) is 0 Å². The van der Waals surface area contributed by atoms with Crippen molar-refractivity contribution in [2.24, 2.45) is 0 Å². The normalized spacial score (nSPS) is 17.9. The molecular formula is C18H24N4OS. The van der Waals surface area contributed by atoms with Crippen LogP contribution in [0.3, 0.4) is 0 Å². The molecule has 128 valence electrons. The highest BCUT2D eigenvalue weighted by Crippen LogP contribution is 2.26. The summed E-state index contributed by atoms with van der Waals surface area (Å²) in [6, 6.07) is 4.06. The molecule has 3 heterocycles. The third-order valence-corrected chi connectivity index (χ3v) is 5.12.